The monoisotopic (exact) mass is 517 g/mol. The molecule has 2 aromatic heterocycles. The molecule has 0 fully saturated rings. The van der Waals surface area contributed by atoms with E-state index in [1.807, 2.05) is 35.0 Å². The Morgan fingerprint density at radius 2 is 1.77 bits per heavy atom. The third-order valence-corrected chi connectivity index (χ3v) is 5.27. The van der Waals surface area contributed by atoms with E-state index in [1.54, 1.807) is 27.5 Å². The summed E-state index contributed by atoms with van der Waals surface area (Å²) < 4.78 is 19.2. The van der Waals surface area contributed by atoms with Crippen molar-refractivity contribution in [1.82, 2.24) is 19.7 Å². The second-order valence-electron chi connectivity index (χ2n) is 6.38. The van der Waals surface area contributed by atoms with E-state index in [1.165, 1.54) is 6.33 Å². The zero-order valence-corrected chi connectivity index (χ0v) is 18.9. The lowest BCUT2D eigenvalue weighted by atomic mass is 10.1. The van der Waals surface area contributed by atoms with Crippen molar-refractivity contribution >= 4 is 39.4 Å². The number of nitrogens with one attached hydrogen (secondary N) is 1. The van der Waals surface area contributed by atoms with Crippen LogP contribution in [-0.2, 0) is 6.54 Å². The molecule has 0 saturated carbocycles. The highest BCUT2D eigenvalue weighted by Gasteiger charge is 2.15. The maximum absolute atomic E-state index is 5.43. The van der Waals surface area contributed by atoms with Crippen LogP contribution < -0.4 is 19.5 Å². The Morgan fingerprint density at radius 1 is 1.00 bits per heavy atom. The molecule has 4 aromatic rings. The number of hydrogen-bond acceptors (Lipinski definition) is 7. The molecule has 9 heteroatoms. The van der Waals surface area contributed by atoms with Crippen LogP contribution in [0.15, 0.2) is 48.9 Å². The predicted octanol–water partition coefficient (Wildman–Crippen LogP) is 4.06. The molecule has 4 rings (SSSR count). The maximum Gasteiger partial charge on any atom is 0.203 e. The number of fused-ring (bicyclic) bond motifs is 1. The zero-order valence-electron chi connectivity index (χ0n) is 16.7. The van der Waals surface area contributed by atoms with Crippen molar-refractivity contribution in [2.24, 2.45) is 0 Å². The van der Waals surface area contributed by atoms with Crippen LogP contribution in [0.4, 0.5) is 5.82 Å². The first kappa shape index (κ1) is 20.2. The molecule has 154 valence electrons. The van der Waals surface area contributed by atoms with Gasteiger partial charge in [0.1, 0.15) is 12.1 Å². The van der Waals surface area contributed by atoms with Crippen LogP contribution in [0.5, 0.6) is 17.2 Å². The highest BCUT2D eigenvalue weighted by atomic mass is 127. The van der Waals surface area contributed by atoms with Gasteiger partial charge in [0.25, 0.3) is 0 Å². The molecular formula is C21H20IN5O3. The van der Waals surface area contributed by atoms with E-state index < -0.39 is 0 Å². The van der Waals surface area contributed by atoms with Crippen molar-refractivity contribution < 1.29 is 14.2 Å². The van der Waals surface area contributed by atoms with Crippen LogP contribution in [0.1, 0.15) is 5.56 Å². The standard InChI is InChI=1S/C21H20IN5O3/c1-28-17-7-13(8-18(29-2)19(17)30-3)10-23-20-16-11-26-27(21(16)25-12-24-20)15-6-4-5-14(22)9-15/h4-9,11-12H,10H2,1-3H3,(H,23,24,25). The van der Waals surface area contributed by atoms with Crippen LogP contribution in [0.25, 0.3) is 16.7 Å². The summed E-state index contributed by atoms with van der Waals surface area (Å²) in [5.74, 6) is 2.47. The Morgan fingerprint density at radius 3 is 2.43 bits per heavy atom. The summed E-state index contributed by atoms with van der Waals surface area (Å²) in [6.45, 7) is 0.511. The third kappa shape index (κ3) is 3.84. The van der Waals surface area contributed by atoms with Gasteiger partial charge in [0.05, 0.1) is 38.6 Å². The molecule has 0 aliphatic heterocycles. The average Bonchev–Trinajstić information content (AvgIpc) is 3.21. The van der Waals surface area contributed by atoms with Crippen molar-refractivity contribution in [2.75, 3.05) is 26.6 Å². The van der Waals surface area contributed by atoms with Crippen molar-refractivity contribution in [1.29, 1.82) is 0 Å². The first-order chi connectivity index (χ1) is 14.6. The SMILES string of the molecule is COc1cc(CNc2ncnc3c2cnn3-c2cccc(I)c2)cc(OC)c1OC. The summed E-state index contributed by atoms with van der Waals surface area (Å²) in [6.07, 6.45) is 3.30. The fraction of sp³-hybridized carbons (Fsp3) is 0.190. The lowest BCUT2D eigenvalue weighted by Crippen LogP contribution is -2.04. The van der Waals surface area contributed by atoms with Crippen molar-refractivity contribution in [3.8, 4) is 22.9 Å². The minimum Gasteiger partial charge on any atom is -0.493 e. The van der Waals surface area contributed by atoms with Gasteiger partial charge < -0.3 is 19.5 Å². The second kappa shape index (κ2) is 8.74. The number of halogens is 1. The first-order valence-electron chi connectivity index (χ1n) is 9.12. The van der Waals surface area contributed by atoms with E-state index >= 15 is 0 Å². The number of ether oxygens (including phenoxy) is 3. The van der Waals surface area contributed by atoms with E-state index in [0.717, 1.165) is 25.9 Å². The average molecular weight is 517 g/mol. The highest BCUT2D eigenvalue weighted by Crippen LogP contribution is 2.38. The van der Waals surface area contributed by atoms with Crippen LogP contribution in [0, 0.1) is 3.57 Å². The van der Waals surface area contributed by atoms with Gasteiger partial charge in [-0.3, -0.25) is 0 Å². The number of methoxy groups -OCH3 is 3. The molecule has 0 amide bonds. The van der Waals surface area contributed by atoms with Crippen LogP contribution in [0.2, 0.25) is 0 Å². The molecule has 0 saturated heterocycles. The number of hydrogen-bond donors (Lipinski definition) is 1. The number of benzene rings is 2. The van der Waals surface area contributed by atoms with E-state index in [2.05, 4.69) is 49.0 Å². The summed E-state index contributed by atoms with van der Waals surface area (Å²) in [4.78, 5) is 8.83. The summed E-state index contributed by atoms with van der Waals surface area (Å²) in [7, 11) is 4.78. The van der Waals surface area contributed by atoms with Gasteiger partial charge in [-0.2, -0.15) is 5.10 Å². The lowest BCUT2D eigenvalue weighted by molar-refractivity contribution is 0.324. The number of nitrogens with zero attached hydrogens (tertiary/aromatic N) is 4. The number of rotatable bonds is 7. The number of aromatic nitrogens is 4. The Kier molecular flexibility index (Phi) is 5.88. The molecular weight excluding hydrogens is 497 g/mol. The lowest BCUT2D eigenvalue weighted by Gasteiger charge is -2.14. The molecule has 0 radical (unpaired) electrons. The second-order valence-corrected chi connectivity index (χ2v) is 7.63. The van der Waals surface area contributed by atoms with Gasteiger partial charge in [-0.15, -0.1) is 0 Å². The Labute approximate surface area is 187 Å². The largest absolute Gasteiger partial charge is 0.493 e. The van der Waals surface area contributed by atoms with Gasteiger partial charge in [-0.25, -0.2) is 14.6 Å². The fourth-order valence-electron chi connectivity index (χ4n) is 3.21. The molecule has 0 unspecified atom stereocenters. The van der Waals surface area contributed by atoms with E-state index in [4.69, 9.17) is 14.2 Å². The maximum atomic E-state index is 5.43. The predicted molar refractivity (Wildman–Crippen MR) is 123 cm³/mol. The minimum absolute atomic E-state index is 0.511. The van der Waals surface area contributed by atoms with Crippen LogP contribution in [-0.4, -0.2) is 41.1 Å². The number of anilines is 1. The quantitative estimate of drug-likeness (QED) is 0.371. The Bertz CT molecular complexity index is 1170. The molecule has 0 aliphatic carbocycles. The Balaban J connectivity index is 1.64. The van der Waals surface area contributed by atoms with Gasteiger partial charge in [-0.05, 0) is 58.5 Å². The Hall–Kier alpha value is -3.08. The molecule has 2 aromatic carbocycles. The molecule has 2 heterocycles. The van der Waals surface area contributed by atoms with Gasteiger partial charge in [0.2, 0.25) is 5.75 Å². The van der Waals surface area contributed by atoms with E-state index in [0.29, 0.717) is 29.6 Å². The van der Waals surface area contributed by atoms with E-state index in [9.17, 15) is 0 Å². The summed E-state index contributed by atoms with van der Waals surface area (Å²) in [6, 6.07) is 11.9. The van der Waals surface area contributed by atoms with E-state index in [-0.39, 0.29) is 0 Å². The van der Waals surface area contributed by atoms with Gasteiger partial charge >= 0.3 is 0 Å². The minimum atomic E-state index is 0.511. The summed E-state index contributed by atoms with van der Waals surface area (Å²) in [5.41, 5.74) is 2.65. The topological polar surface area (TPSA) is 83.3 Å². The molecule has 0 atom stereocenters. The van der Waals surface area contributed by atoms with Gasteiger partial charge in [0, 0.05) is 10.1 Å². The molecule has 0 bridgehead atoms. The van der Waals surface area contributed by atoms with Gasteiger partial charge in [-0.1, -0.05) is 6.07 Å². The molecule has 0 spiro atoms. The van der Waals surface area contributed by atoms with Crippen molar-refractivity contribution in [3.63, 3.8) is 0 Å². The normalized spacial score (nSPS) is 10.8. The molecule has 1 N–H and O–H groups in total. The van der Waals surface area contributed by atoms with Crippen LogP contribution >= 0.6 is 22.6 Å². The summed E-state index contributed by atoms with van der Waals surface area (Å²) in [5, 5.41) is 8.71. The third-order valence-electron chi connectivity index (χ3n) is 4.60. The highest BCUT2D eigenvalue weighted by molar-refractivity contribution is 14.1. The van der Waals surface area contributed by atoms with Crippen molar-refractivity contribution in [2.45, 2.75) is 6.54 Å². The van der Waals surface area contributed by atoms with Gasteiger partial charge in [0.15, 0.2) is 17.1 Å². The smallest absolute Gasteiger partial charge is 0.203 e. The molecule has 30 heavy (non-hydrogen) atoms. The van der Waals surface area contributed by atoms with Crippen molar-refractivity contribution in [3.05, 3.63) is 58.1 Å². The first-order valence-corrected chi connectivity index (χ1v) is 10.2. The molecule has 8 nitrogen and oxygen atoms in total. The zero-order chi connectivity index (χ0) is 21.1. The summed E-state index contributed by atoms with van der Waals surface area (Å²) >= 11 is 2.28. The molecule has 0 aliphatic rings. The fourth-order valence-corrected chi connectivity index (χ4v) is 3.73. The van der Waals surface area contributed by atoms with Crippen LogP contribution in [0.3, 0.4) is 0 Å².